The standard InChI is InChI=1S/C19H18N4O3/c24-18(22-17(19(25)26)12-14-5-8-20-9-6-14)16-4-1-3-15(11-16)13-23-10-2-7-21-23/h1-11,17H,12-13H2,(H,22,24)(H,25,26)/t17-/m0/s1. The highest BCUT2D eigenvalue weighted by atomic mass is 16.4. The van der Waals surface area contributed by atoms with Crippen LogP contribution in [0.15, 0.2) is 67.3 Å². The first-order valence-corrected chi connectivity index (χ1v) is 8.11. The number of aromatic nitrogens is 3. The van der Waals surface area contributed by atoms with Gasteiger partial charge in [-0.15, -0.1) is 0 Å². The summed E-state index contributed by atoms with van der Waals surface area (Å²) in [4.78, 5) is 27.9. The number of hydrogen-bond donors (Lipinski definition) is 2. The van der Waals surface area contributed by atoms with Crippen LogP contribution in [0.25, 0.3) is 0 Å². The molecule has 7 heteroatoms. The fraction of sp³-hybridized carbons (Fsp3) is 0.158. The summed E-state index contributed by atoms with van der Waals surface area (Å²) >= 11 is 0. The van der Waals surface area contributed by atoms with Gasteiger partial charge < -0.3 is 10.4 Å². The number of pyridine rings is 1. The van der Waals surface area contributed by atoms with Gasteiger partial charge in [-0.25, -0.2) is 4.79 Å². The average Bonchev–Trinajstić information content (AvgIpc) is 3.15. The molecular formula is C19H18N4O3. The SMILES string of the molecule is O=C(N[C@@H](Cc1ccncc1)C(=O)O)c1cccc(Cn2cccn2)c1. The molecule has 0 bridgehead atoms. The summed E-state index contributed by atoms with van der Waals surface area (Å²) in [5.74, 6) is -1.50. The van der Waals surface area contributed by atoms with Gasteiger partial charge in [0.25, 0.3) is 5.91 Å². The zero-order valence-electron chi connectivity index (χ0n) is 13.9. The van der Waals surface area contributed by atoms with E-state index in [9.17, 15) is 14.7 Å². The third-order valence-electron chi connectivity index (χ3n) is 3.89. The number of nitrogens with zero attached hydrogens (tertiary/aromatic N) is 3. The van der Waals surface area contributed by atoms with Crippen molar-refractivity contribution in [2.45, 2.75) is 19.0 Å². The molecule has 1 amide bonds. The highest BCUT2D eigenvalue weighted by Gasteiger charge is 2.21. The van der Waals surface area contributed by atoms with Crippen LogP contribution in [0.1, 0.15) is 21.5 Å². The molecule has 0 unspecified atom stereocenters. The van der Waals surface area contributed by atoms with Gasteiger partial charge in [-0.1, -0.05) is 12.1 Å². The van der Waals surface area contributed by atoms with Crippen LogP contribution in [0.5, 0.6) is 0 Å². The van der Waals surface area contributed by atoms with Crippen molar-refractivity contribution in [2.75, 3.05) is 0 Å². The third kappa shape index (κ3) is 4.54. The largest absolute Gasteiger partial charge is 0.480 e. The summed E-state index contributed by atoms with van der Waals surface area (Å²) in [6.07, 6.45) is 6.90. The summed E-state index contributed by atoms with van der Waals surface area (Å²) in [6, 6.07) is 11.3. The van der Waals surface area contributed by atoms with E-state index in [1.807, 2.05) is 18.3 Å². The van der Waals surface area contributed by atoms with Gasteiger partial charge in [0, 0.05) is 36.8 Å². The Morgan fingerprint density at radius 1 is 1.08 bits per heavy atom. The van der Waals surface area contributed by atoms with Crippen molar-refractivity contribution in [1.29, 1.82) is 0 Å². The third-order valence-corrected chi connectivity index (χ3v) is 3.89. The van der Waals surface area contributed by atoms with Gasteiger partial charge in [-0.2, -0.15) is 5.10 Å². The number of hydrogen-bond acceptors (Lipinski definition) is 4. The predicted molar refractivity (Wildman–Crippen MR) is 94.6 cm³/mol. The first kappa shape index (κ1) is 17.3. The fourth-order valence-corrected chi connectivity index (χ4v) is 2.59. The average molecular weight is 350 g/mol. The predicted octanol–water partition coefficient (Wildman–Crippen LogP) is 1.75. The lowest BCUT2D eigenvalue weighted by Crippen LogP contribution is -2.42. The molecule has 1 atom stereocenters. The molecule has 2 heterocycles. The molecule has 26 heavy (non-hydrogen) atoms. The van der Waals surface area contributed by atoms with Crippen molar-refractivity contribution in [2.24, 2.45) is 0 Å². The number of nitrogens with one attached hydrogen (secondary N) is 1. The Bertz CT molecular complexity index is 879. The Morgan fingerprint density at radius 3 is 2.58 bits per heavy atom. The molecule has 0 aliphatic carbocycles. The van der Waals surface area contributed by atoms with Crippen molar-refractivity contribution < 1.29 is 14.7 Å². The highest BCUT2D eigenvalue weighted by Crippen LogP contribution is 2.09. The van der Waals surface area contributed by atoms with Crippen LogP contribution in [0.4, 0.5) is 0 Å². The van der Waals surface area contributed by atoms with Crippen molar-refractivity contribution >= 4 is 11.9 Å². The van der Waals surface area contributed by atoms with E-state index in [0.717, 1.165) is 11.1 Å². The van der Waals surface area contributed by atoms with E-state index in [0.29, 0.717) is 12.1 Å². The number of carboxylic acid groups (broad SMARTS) is 1. The maximum Gasteiger partial charge on any atom is 0.326 e. The minimum absolute atomic E-state index is 0.191. The zero-order chi connectivity index (χ0) is 18.4. The molecule has 0 fully saturated rings. The van der Waals surface area contributed by atoms with Crippen LogP contribution < -0.4 is 5.32 Å². The lowest BCUT2D eigenvalue weighted by Gasteiger charge is -2.15. The fourth-order valence-electron chi connectivity index (χ4n) is 2.59. The lowest BCUT2D eigenvalue weighted by atomic mass is 10.1. The van der Waals surface area contributed by atoms with Crippen LogP contribution in [0.2, 0.25) is 0 Å². The Kier molecular flexibility index (Phi) is 5.38. The topological polar surface area (TPSA) is 97.1 Å². The number of amides is 1. The van der Waals surface area contributed by atoms with Gasteiger partial charge in [-0.05, 0) is 41.5 Å². The second kappa shape index (κ2) is 8.06. The summed E-state index contributed by atoms with van der Waals surface area (Å²) in [6.45, 7) is 0.535. The maximum atomic E-state index is 12.5. The van der Waals surface area contributed by atoms with Crippen LogP contribution in [0.3, 0.4) is 0 Å². The van der Waals surface area contributed by atoms with Crippen molar-refractivity contribution in [1.82, 2.24) is 20.1 Å². The van der Waals surface area contributed by atoms with Gasteiger partial charge in [-0.3, -0.25) is 14.5 Å². The number of carbonyl (C=O) groups is 2. The Morgan fingerprint density at radius 2 is 1.88 bits per heavy atom. The van der Waals surface area contributed by atoms with Crippen LogP contribution in [-0.4, -0.2) is 37.8 Å². The second-order valence-corrected chi connectivity index (χ2v) is 5.83. The molecule has 132 valence electrons. The summed E-state index contributed by atoms with van der Waals surface area (Å²) in [5, 5.41) is 16.1. The van der Waals surface area contributed by atoms with E-state index in [1.165, 1.54) is 0 Å². The van der Waals surface area contributed by atoms with E-state index in [1.54, 1.807) is 53.6 Å². The minimum Gasteiger partial charge on any atom is -0.480 e. The molecule has 0 saturated carbocycles. The molecule has 7 nitrogen and oxygen atoms in total. The molecular weight excluding hydrogens is 332 g/mol. The molecule has 0 spiro atoms. The van der Waals surface area contributed by atoms with Gasteiger partial charge in [0.05, 0.1) is 6.54 Å². The normalized spacial score (nSPS) is 11.7. The Balaban J connectivity index is 1.70. The molecule has 2 aromatic heterocycles. The summed E-state index contributed by atoms with van der Waals surface area (Å²) in [5.41, 5.74) is 2.11. The first-order valence-electron chi connectivity index (χ1n) is 8.11. The number of benzene rings is 1. The molecule has 3 aromatic rings. The number of aliphatic carboxylic acids is 1. The van der Waals surface area contributed by atoms with Gasteiger partial charge >= 0.3 is 5.97 Å². The molecule has 0 aliphatic heterocycles. The zero-order valence-corrected chi connectivity index (χ0v) is 13.9. The number of carboxylic acids is 1. The van der Waals surface area contributed by atoms with Crippen LogP contribution in [-0.2, 0) is 17.8 Å². The smallest absolute Gasteiger partial charge is 0.326 e. The van der Waals surface area contributed by atoms with Gasteiger partial charge in [0.2, 0.25) is 0 Å². The van der Waals surface area contributed by atoms with E-state index < -0.39 is 17.9 Å². The molecule has 0 radical (unpaired) electrons. The molecule has 3 rings (SSSR count). The highest BCUT2D eigenvalue weighted by molar-refractivity contribution is 5.96. The van der Waals surface area contributed by atoms with E-state index in [-0.39, 0.29) is 6.42 Å². The molecule has 0 saturated heterocycles. The lowest BCUT2D eigenvalue weighted by molar-refractivity contribution is -0.139. The van der Waals surface area contributed by atoms with E-state index in [2.05, 4.69) is 15.4 Å². The summed E-state index contributed by atoms with van der Waals surface area (Å²) < 4.78 is 1.75. The van der Waals surface area contributed by atoms with Crippen LogP contribution >= 0.6 is 0 Å². The van der Waals surface area contributed by atoms with Crippen LogP contribution in [0, 0.1) is 0 Å². The first-order chi connectivity index (χ1) is 12.6. The van der Waals surface area contributed by atoms with E-state index >= 15 is 0 Å². The van der Waals surface area contributed by atoms with Crippen molar-refractivity contribution in [3.05, 3.63) is 83.9 Å². The molecule has 0 aliphatic rings. The van der Waals surface area contributed by atoms with Gasteiger partial charge in [0.1, 0.15) is 6.04 Å². The Labute approximate surface area is 150 Å². The quantitative estimate of drug-likeness (QED) is 0.677. The van der Waals surface area contributed by atoms with Gasteiger partial charge in [0.15, 0.2) is 0 Å². The number of rotatable bonds is 7. The second-order valence-electron chi connectivity index (χ2n) is 5.83. The maximum absolute atomic E-state index is 12.5. The van der Waals surface area contributed by atoms with Crippen molar-refractivity contribution in [3.63, 3.8) is 0 Å². The number of carbonyl (C=O) groups excluding carboxylic acids is 1. The van der Waals surface area contributed by atoms with E-state index in [4.69, 9.17) is 0 Å². The Hall–Kier alpha value is -3.48. The molecule has 1 aromatic carbocycles. The van der Waals surface area contributed by atoms with Crippen molar-refractivity contribution in [3.8, 4) is 0 Å². The summed E-state index contributed by atoms with van der Waals surface area (Å²) in [7, 11) is 0. The molecule has 2 N–H and O–H groups in total. The monoisotopic (exact) mass is 350 g/mol. The minimum atomic E-state index is -1.08.